The summed E-state index contributed by atoms with van der Waals surface area (Å²) in [4.78, 5) is 36.5. The molecule has 1 aliphatic heterocycles. The second kappa shape index (κ2) is 8.60. The van der Waals surface area contributed by atoms with Crippen LogP contribution in [0.25, 0.3) is 0 Å². The number of amides is 2. The number of methoxy groups -OCH3 is 1. The van der Waals surface area contributed by atoms with E-state index >= 15 is 0 Å². The Kier molecular flexibility index (Phi) is 7.90. The summed E-state index contributed by atoms with van der Waals surface area (Å²) in [6.45, 7) is 9.75. The average molecular weight is 316 g/mol. The van der Waals surface area contributed by atoms with Crippen molar-refractivity contribution in [3.8, 4) is 0 Å². The number of carbonyl (C=O) groups excluding carboxylic acids is 2. The van der Waals surface area contributed by atoms with Crippen molar-refractivity contribution in [2.24, 2.45) is 5.41 Å². The molecule has 2 unspecified atom stereocenters. The molecule has 1 heterocycles. The van der Waals surface area contributed by atoms with Crippen molar-refractivity contribution in [3.05, 3.63) is 0 Å². The Labute approximate surface area is 132 Å². The van der Waals surface area contributed by atoms with Gasteiger partial charge < -0.3 is 20.1 Å². The maximum Gasteiger partial charge on any atom is 0.405 e. The molecule has 7 nitrogen and oxygen atoms in total. The number of likely N-dealkylation sites (tertiary alicyclic amines) is 1. The number of rotatable bonds is 3. The highest BCUT2D eigenvalue weighted by molar-refractivity contribution is 5.90. The van der Waals surface area contributed by atoms with Crippen molar-refractivity contribution >= 4 is 18.0 Å². The molecule has 2 amide bonds. The van der Waals surface area contributed by atoms with Gasteiger partial charge in [0.05, 0.1) is 7.11 Å². The SMILES string of the molecule is CC.COC(=O)C1CCCN1C(=O)C(NC(=O)O)C(C)(C)C. The molecule has 7 heteroatoms. The standard InChI is InChI=1S/C13H22N2O5.C2H6/c1-13(2,3)9(14-12(18)19)10(16)15-7-5-6-8(15)11(17)20-4;1-2/h8-9,14H,5-7H2,1-4H3,(H,18,19);1-2H3. The molecule has 22 heavy (non-hydrogen) atoms. The number of nitrogens with one attached hydrogen (secondary N) is 1. The fraction of sp³-hybridized carbons (Fsp3) is 0.800. The van der Waals surface area contributed by atoms with Crippen LogP contribution < -0.4 is 5.32 Å². The van der Waals surface area contributed by atoms with Crippen molar-refractivity contribution in [3.63, 3.8) is 0 Å². The maximum absolute atomic E-state index is 12.6. The smallest absolute Gasteiger partial charge is 0.405 e. The third-order valence-corrected chi connectivity index (χ3v) is 3.39. The first-order chi connectivity index (χ1) is 10.2. The topological polar surface area (TPSA) is 95.9 Å². The van der Waals surface area contributed by atoms with Crippen molar-refractivity contribution in [2.75, 3.05) is 13.7 Å². The van der Waals surface area contributed by atoms with Crippen LogP contribution in [0.2, 0.25) is 0 Å². The predicted octanol–water partition coefficient (Wildman–Crippen LogP) is 1.86. The van der Waals surface area contributed by atoms with E-state index in [4.69, 9.17) is 9.84 Å². The van der Waals surface area contributed by atoms with Crippen molar-refractivity contribution in [1.29, 1.82) is 0 Å². The molecule has 0 spiro atoms. The summed E-state index contributed by atoms with van der Waals surface area (Å²) in [6.07, 6.45) is -0.00952. The highest BCUT2D eigenvalue weighted by Crippen LogP contribution is 2.26. The third kappa shape index (κ3) is 5.20. The van der Waals surface area contributed by atoms with Crippen LogP contribution in [0.5, 0.6) is 0 Å². The van der Waals surface area contributed by atoms with Gasteiger partial charge in [-0.25, -0.2) is 9.59 Å². The molecule has 1 saturated heterocycles. The third-order valence-electron chi connectivity index (χ3n) is 3.39. The summed E-state index contributed by atoms with van der Waals surface area (Å²) < 4.78 is 4.69. The maximum atomic E-state index is 12.6. The number of ether oxygens (including phenoxy) is 1. The van der Waals surface area contributed by atoms with Gasteiger partial charge in [0, 0.05) is 6.54 Å². The molecule has 0 aromatic heterocycles. The fourth-order valence-electron chi connectivity index (χ4n) is 2.35. The van der Waals surface area contributed by atoms with Gasteiger partial charge >= 0.3 is 12.1 Å². The number of carbonyl (C=O) groups is 3. The number of carboxylic acid groups (broad SMARTS) is 1. The van der Waals surface area contributed by atoms with Gasteiger partial charge in [0.1, 0.15) is 12.1 Å². The Hall–Kier alpha value is -1.79. The van der Waals surface area contributed by atoms with Crippen molar-refractivity contribution in [2.45, 2.75) is 59.5 Å². The first kappa shape index (κ1) is 20.2. The summed E-state index contributed by atoms with van der Waals surface area (Å²) in [5.74, 6) is -0.841. The van der Waals surface area contributed by atoms with Gasteiger partial charge in [0.25, 0.3) is 0 Å². The van der Waals surface area contributed by atoms with E-state index in [1.165, 1.54) is 12.0 Å². The molecule has 128 valence electrons. The largest absolute Gasteiger partial charge is 0.467 e. The molecule has 0 saturated carbocycles. The van der Waals surface area contributed by atoms with Crippen LogP contribution >= 0.6 is 0 Å². The van der Waals surface area contributed by atoms with E-state index in [1.807, 2.05) is 13.8 Å². The molecule has 0 aromatic rings. The highest BCUT2D eigenvalue weighted by Gasteiger charge is 2.42. The van der Waals surface area contributed by atoms with Gasteiger partial charge in [-0.3, -0.25) is 4.79 Å². The van der Waals surface area contributed by atoms with Crippen LogP contribution in [-0.4, -0.2) is 53.7 Å². The summed E-state index contributed by atoms with van der Waals surface area (Å²) in [7, 11) is 1.28. The minimum atomic E-state index is -1.26. The van der Waals surface area contributed by atoms with Crippen LogP contribution in [0.1, 0.15) is 47.5 Å². The zero-order chi connectivity index (χ0) is 17.5. The molecule has 1 fully saturated rings. The first-order valence-electron chi connectivity index (χ1n) is 7.56. The van der Waals surface area contributed by atoms with Crippen LogP contribution in [0, 0.1) is 5.41 Å². The Morgan fingerprint density at radius 2 is 1.82 bits per heavy atom. The lowest BCUT2D eigenvalue weighted by atomic mass is 9.85. The quantitative estimate of drug-likeness (QED) is 0.775. The van der Waals surface area contributed by atoms with Gasteiger partial charge in [-0.2, -0.15) is 0 Å². The Balaban J connectivity index is 0.00000211. The van der Waals surface area contributed by atoms with Gasteiger partial charge in [-0.05, 0) is 18.3 Å². The molecule has 0 radical (unpaired) electrons. The lowest BCUT2D eigenvalue weighted by Gasteiger charge is -2.34. The first-order valence-corrected chi connectivity index (χ1v) is 7.56. The summed E-state index contributed by atoms with van der Waals surface area (Å²) in [5.41, 5.74) is -0.585. The zero-order valence-corrected chi connectivity index (χ0v) is 14.3. The molecule has 0 bridgehead atoms. The van der Waals surface area contributed by atoms with Crippen molar-refractivity contribution in [1.82, 2.24) is 10.2 Å². The van der Waals surface area contributed by atoms with Crippen LogP contribution in [0.4, 0.5) is 4.79 Å². The average Bonchev–Trinajstić information content (AvgIpc) is 2.93. The zero-order valence-electron chi connectivity index (χ0n) is 14.3. The van der Waals surface area contributed by atoms with E-state index in [0.29, 0.717) is 19.4 Å². The van der Waals surface area contributed by atoms with E-state index < -0.39 is 29.6 Å². The fourth-order valence-corrected chi connectivity index (χ4v) is 2.35. The van der Waals surface area contributed by atoms with E-state index in [1.54, 1.807) is 20.8 Å². The molecule has 0 aromatic carbocycles. The normalized spacial score (nSPS) is 18.8. The lowest BCUT2D eigenvalue weighted by Crippen LogP contribution is -2.56. The second-order valence-electron chi connectivity index (χ2n) is 5.96. The second-order valence-corrected chi connectivity index (χ2v) is 5.96. The van der Waals surface area contributed by atoms with E-state index in [-0.39, 0.29) is 5.91 Å². The molecular formula is C15H28N2O5. The molecule has 2 N–H and O–H groups in total. The minimum absolute atomic E-state index is 0.382. The van der Waals surface area contributed by atoms with Gasteiger partial charge in [-0.15, -0.1) is 0 Å². The molecule has 1 aliphatic rings. The monoisotopic (exact) mass is 316 g/mol. The summed E-state index contributed by atoms with van der Waals surface area (Å²) in [5, 5.41) is 11.1. The number of nitrogens with zero attached hydrogens (tertiary/aromatic N) is 1. The lowest BCUT2D eigenvalue weighted by molar-refractivity contribution is -0.152. The molecular weight excluding hydrogens is 288 g/mol. The molecule has 0 aliphatic carbocycles. The number of esters is 1. The Morgan fingerprint density at radius 1 is 1.27 bits per heavy atom. The van der Waals surface area contributed by atoms with Crippen LogP contribution in [0.3, 0.4) is 0 Å². The van der Waals surface area contributed by atoms with Crippen LogP contribution in [0.15, 0.2) is 0 Å². The summed E-state index contributed by atoms with van der Waals surface area (Å²) in [6, 6.07) is -1.52. The van der Waals surface area contributed by atoms with Gasteiger partial charge in [0.15, 0.2) is 0 Å². The Bertz CT molecular complexity index is 403. The highest BCUT2D eigenvalue weighted by atomic mass is 16.5. The molecule has 1 rings (SSSR count). The Morgan fingerprint density at radius 3 is 2.23 bits per heavy atom. The van der Waals surface area contributed by atoms with E-state index in [0.717, 1.165) is 0 Å². The van der Waals surface area contributed by atoms with E-state index in [9.17, 15) is 14.4 Å². The summed E-state index contributed by atoms with van der Waals surface area (Å²) >= 11 is 0. The molecule has 2 atom stereocenters. The van der Waals surface area contributed by atoms with Crippen LogP contribution in [-0.2, 0) is 14.3 Å². The number of hydrogen-bond donors (Lipinski definition) is 2. The van der Waals surface area contributed by atoms with Gasteiger partial charge in [-0.1, -0.05) is 34.6 Å². The van der Waals surface area contributed by atoms with E-state index in [2.05, 4.69) is 5.32 Å². The predicted molar refractivity (Wildman–Crippen MR) is 82.5 cm³/mol. The van der Waals surface area contributed by atoms with Crippen molar-refractivity contribution < 1.29 is 24.2 Å². The van der Waals surface area contributed by atoms with Gasteiger partial charge in [0.2, 0.25) is 5.91 Å². The number of hydrogen-bond acceptors (Lipinski definition) is 4. The minimum Gasteiger partial charge on any atom is -0.467 e.